The molecule has 0 radical (unpaired) electrons. The Morgan fingerprint density at radius 3 is 2.06 bits per heavy atom. The second kappa shape index (κ2) is 8.08. The van der Waals surface area contributed by atoms with Crippen LogP contribution in [0.3, 0.4) is 0 Å². The van der Waals surface area contributed by atoms with Crippen molar-refractivity contribution in [3.05, 3.63) is 0 Å². The lowest BCUT2D eigenvalue weighted by Crippen LogP contribution is -2.38. The third kappa shape index (κ3) is 4.06. The summed E-state index contributed by atoms with van der Waals surface area (Å²) in [7, 11) is 0. The summed E-state index contributed by atoms with van der Waals surface area (Å²) in [5, 5.41) is 0. The van der Waals surface area contributed by atoms with Gasteiger partial charge in [0.05, 0.1) is 0 Å². The van der Waals surface area contributed by atoms with Crippen LogP contribution in [0.15, 0.2) is 0 Å². The van der Waals surface area contributed by atoms with Crippen LogP contribution in [0.5, 0.6) is 0 Å². The first kappa shape index (κ1) is 14.0. The molecule has 2 rings (SSSR count). The van der Waals surface area contributed by atoms with Gasteiger partial charge in [-0.1, -0.05) is 33.6 Å². The highest BCUT2D eigenvalue weighted by atomic mass is 15.2. The molecule has 0 aromatic heterocycles. The molecule has 0 N–H and O–H groups in total. The van der Waals surface area contributed by atoms with Crippen LogP contribution >= 0.6 is 0 Å². The van der Waals surface area contributed by atoms with Crippen molar-refractivity contribution in [1.82, 2.24) is 9.80 Å². The topological polar surface area (TPSA) is 6.48 Å². The van der Waals surface area contributed by atoms with Crippen LogP contribution in [0, 0.1) is 0 Å². The van der Waals surface area contributed by atoms with Crippen LogP contribution < -0.4 is 0 Å². The summed E-state index contributed by atoms with van der Waals surface area (Å²) in [6.45, 7) is 12.9. The second-order valence-electron chi connectivity index (χ2n) is 4.79. The minimum absolute atomic E-state index is 0.882. The lowest BCUT2D eigenvalue weighted by molar-refractivity contribution is 0.201. The zero-order valence-electron chi connectivity index (χ0n) is 11.5. The van der Waals surface area contributed by atoms with Crippen LogP contribution in [0.1, 0.15) is 52.9 Å². The SMILES string of the molecule is CC.CCN1CCC(N2CCCCCC2)C1. The van der Waals surface area contributed by atoms with E-state index in [4.69, 9.17) is 0 Å². The van der Waals surface area contributed by atoms with Crippen LogP contribution in [0.4, 0.5) is 0 Å². The summed E-state index contributed by atoms with van der Waals surface area (Å²) in [6, 6.07) is 0.882. The smallest absolute Gasteiger partial charge is 0.0235 e. The zero-order chi connectivity index (χ0) is 11.8. The van der Waals surface area contributed by atoms with Crippen LogP contribution in [0.2, 0.25) is 0 Å². The predicted molar refractivity (Wildman–Crippen MR) is 71.9 cm³/mol. The fourth-order valence-electron chi connectivity index (χ4n) is 2.86. The highest BCUT2D eigenvalue weighted by molar-refractivity contribution is 4.83. The molecule has 2 heterocycles. The molecule has 2 heteroatoms. The van der Waals surface area contributed by atoms with Crippen molar-refractivity contribution in [2.45, 2.75) is 58.9 Å². The largest absolute Gasteiger partial charge is 0.302 e. The minimum Gasteiger partial charge on any atom is -0.302 e. The van der Waals surface area contributed by atoms with Gasteiger partial charge in [-0.05, 0) is 45.4 Å². The minimum atomic E-state index is 0.882. The molecule has 1 atom stereocenters. The molecule has 2 aliphatic heterocycles. The fraction of sp³-hybridized carbons (Fsp3) is 1.00. The highest BCUT2D eigenvalue weighted by Crippen LogP contribution is 2.19. The Hall–Kier alpha value is -0.0800. The molecule has 96 valence electrons. The molecule has 0 aromatic carbocycles. The summed E-state index contributed by atoms with van der Waals surface area (Å²) < 4.78 is 0. The molecule has 0 aliphatic carbocycles. The van der Waals surface area contributed by atoms with E-state index in [2.05, 4.69) is 16.7 Å². The lowest BCUT2D eigenvalue weighted by Gasteiger charge is -2.27. The maximum atomic E-state index is 2.75. The number of likely N-dealkylation sites (N-methyl/N-ethyl adjacent to an activating group) is 1. The van der Waals surface area contributed by atoms with E-state index in [1.807, 2.05) is 13.8 Å². The Morgan fingerprint density at radius 1 is 0.938 bits per heavy atom. The van der Waals surface area contributed by atoms with Crippen molar-refractivity contribution in [2.75, 3.05) is 32.7 Å². The number of rotatable bonds is 2. The Kier molecular flexibility index (Phi) is 7.06. The molecule has 0 aromatic rings. The van der Waals surface area contributed by atoms with Gasteiger partial charge in [-0.25, -0.2) is 0 Å². The third-order valence-electron chi connectivity index (χ3n) is 3.85. The fourth-order valence-corrected chi connectivity index (χ4v) is 2.86. The molecule has 1 unspecified atom stereocenters. The predicted octanol–water partition coefficient (Wildman–Crippen LogP) is 2.98. The van der Waals surface area contributed by atoms with Crippen molar-refractivity contribution in [1.29, 1.82) is 0 Å². The number of likely N-dealkylation sites (tertiary alicyclic amines) is 2. The Morgan fingerprint density at radius 2 is 1.56 bits per heavy atom. The molecule has 2 fully saturated rings. The van der Waals surface area contributed by atoms with E-state index in [0.29, 0.717) is 0 Å². The monoisotopic (exact) mass is 226 g/mol. The van der Waals surface area contributed by atoms with Crippen LogP contribution in [-0.2, 0) is 0 Å². The highest BCUT2D eigenvalue weighted by Gasteiger charge is 2.26. The Balaban J connectivity index is 0.000000606. The van der Waals surface area contributed by atoms with E-state index >= 15 is 0 Å². The summed E-state index contributed by atoms with van der Waals surface area (Å²) in [6.07, 6.45) is 7.19. The van der Waals surface area contributed by atoms with Crippen molar-refractivity contribution in [3.63, 3.8) is 0 Å². The maximum absolute atomic E-state index is 2.75. The van der Waals surface area contributed by atoms with Crippen molar-refractivity contribution in [3.8, 4) is 0 Å². The molecule has 2 saturated heterocycles. The van der Waals surface area contributed by atoms with Crippen LogP contribution in [-0.4, -0.2) is 48.6 Å². The summed E-state index contributed by atoms with van der Waals surface area (Å²) in [4.78, 5) is 5.35. The average molecular weight is 226 g/mol. The van der Waals surface area contributed by atoms with Gasteiger partial charge in [0.25, 0.3) is 0 Å². The molecule has 0 saturated carbocycles. The van der Waals surface area contributed by atoms with E-state index < -0.39 is 0 Å². The standard InChI is InChI=1S/C12H24N2.C2H6/c1-2-13-10-7-12(11-13)14-8-5-3-4-6-9-14;1-2/h12H,2-11H2,1H3;1-2H3. The van der Waals surface area contributed by atoms with Gasteiger partial charge in [-0.3, -0.25) is 4.90 Å². The van der Waals surface area contributed by atoms with Crippen molar-refractivity contribution >= 4 is 0 Å². The first-order chi connectivity index (χ1) is 7.90. The van der Waals surface area contributed by atoms with E-state index in [1.54, 1.807) is 0 Å². The quantitative estimate of drug-likeness (QED) is 0.714. The third-order valence-corrected chi connectivity index (χ3v) is 3.85. The van der Waals surface area contributed by atoms with Crippen molar-refractivity contribution < 1.29 is 0 Å². The van der Waals surface area contributed by atoms with Gasteiger partial charge in [-0.15, -0.1) is 0 Å². The van der Waals surface area contributed by atoms with Gasteiger partial charge in [-0.2, -0.15) is 0 Å². The molecular weight excluding hydrogens is 196 g/mol. The van der Waals surface area contributed by atoms with Crippen molar-refractivity contribution in [2.24, 2.45) is 0 Å². The summed E-state index contributed by atoms with van der Waals surface area (Å²) in [5.74, 6) is 0. The summed E-state index contributed by atoms with van der Waals surface area (Å²) >= 11 is 0. The Bertz CT molecular complexity index is 162. The van der Waals surface area contributed by atoms with Crippen LogP contribution in [0.25, 0.3) is 0 Å². The molecule has 0 bridgehead atoms. The first-order valence-corrected chi connectivity index (χ1v) is 7.36. The first-order valence-electron chi connectivity index (χ1n) is 7.36. The number of nitrogens with zero attached hydrogens (tertiary/aromatic N) is 2. The number of hydrogen-bond donors (Lipinski definition) is 0. The molecule has 0 spiro atoms. The molecule has 2 nitrogen and oxygen atoms in total. The molecule has 0 amide bonds. The zero-order valence-corrected chi connectivity index (χ0v) is 11.5. The summed E-state index contributed by atoms with van der Waals surface area (Å²) in [5.41, 5.74) is 0. The average Bonchev–Trinajstić information content (AvgIpc) is 2.66. The van der Waals surface area contributed by atoms with E-state index in [1.165, 1.54) is 64.8 Å². The van der Waals surface area contributed by atoms with Gasteiger partial charge in [0.1, 0.15) is 0 Å². The van der Waals surface area contributed by atoms with Gasteiger partial charge < -0.3 is 4.90 Å². The lowest BCUT2D eigenvalue weighted by atomic mass is 10.2. The number of hydrogen-bond acceptors (Lipinski definition) is 2. The van der Waals surface area contributed by atoms with Gasteiger partial charge in [0, 0.05) is 12.6 Å². The molecular formula is C14H30N2. The van der Waals surface area contributed by atoms with E-state index in [0.717, 1.165) is 6.04 Å². The van der Waals surface area contributed by atoms with E-state index in [9.17, 15) is 0 Å². The second-order valence-corrected chi connectivity index (χ2v) is 4.79. The van der Waals surface area contributed by atoms with Gasteiger partial charge in [0.15, 0.2) is 0 Å². The molecule has 16 heavy (non-hydrogen) atoms. The van der Waals surface area contributed by atoms with E-state index in [-0.39, 0.29) is 0 Å². The maximum Gasteiger partial charge on any atom is 0.0235 e. The normalized spacial score (nSPS) is 28.3. The van der Waals surface area contributed by atoms with Gasteiger partial charge in [0.2, 0.25) is 0 Å². The Labute approximate surface area is 102 Å². The molecule has 2 aliphatic rings. The van der Waals surface area contributed by atoms with Gasteiger partial charge >= 0.3 is 0 Å².